The first-order valence-electron chi connectivity index (χ1n) is 7.64. The first-order valence-corrected chi connectivity index (χ1v) is 9.28. The second kappa shape index (κ2) is 6.70. The van der Waals surface area contributed by atoms with Gasteiger partial charge < -0.3 is 16.2 Å². The molecule has 130 valence electrons. The lowest BCUT2D eigenvalue weighted by Gasteiger charge is -2.01. The van der Waals surface area contributed by atoms with Crippen LogP contribution < -0.4 is 11.1 Å². The summed E-state index contributed by atoms with van der Waals surface area (Å²) in [4.78, 5) is 16.5. The fourth-order valence-corrected chi connectivity index (χ4v) is 4.00. The highest BCUT2D eigenvalue weighted by molar-refractivity contribution is 7.22. The highest BCUT2D eigenvalue weighted by Crippen LogP contribution is 2.28. The maximum Gasteiger partial charge on any atom is 0.230 e. The Morgan fingerprint density at radius 1 is 1.12 bits per heavy atom. The number of carbonyl (C=O) groups excluding carboxylic acids is 1. The van der Waals surface area contributed by atoms with Crippen LogP contribution in [0.25, 0.3) is 20.8 Å². The maximum absolute atomic E-state index is 12.3. The van der Waals surface area contributed by atoms with E-state index < -0.39 is 0 Å². The normalized spacial score (nSPS) is 10.9. The number of phenols is 1. The van der Waals surface area contributed by atoms with E-state index in [2.05, 4.69) is 20.5 Å². The van der Waals surface area contributed by atoms with Crippen molar-refractivity contribution < 1.29 is 9.90 Å². The van der Waals surface area contributed by atoms with Crippen molar-refractivity contribution in [3.8, 4) is 16.3 Å². The van der Waals surface area contributed by atoms with Gasteiger partial charge in [-0.3, -0.25) is 4.79 Å². The minimum absolute atomic E-state index is 0.171. The van der Waals surface area contributed by atoms with Crippen molar-refractivity contribution in [2.24, 2.45) is 0 Å². The predicted octanol–water partition coefficient (Wildman–Crippen LogP) is 3.28. The number of nitrogens with one attached hydrogen (secondary N) is 1. The first kappa shape index (κ1) is 16.4. The zero-order valence-electron chi connectivity index (χ0n) is 13.3. The van der Waals surface area contributed by atoms with Crippen LogP contribution in [0.5, 0.6) is 5.75 Å². The third kappa shape index (κ3) is 3.48. The van der Waals surface area contributed by atoms with Crippen LogP contribution in [0.1, 0.15) is 5.56 Å². The third-order valence-corrected chi connectivity index (χ3v) is 5.35. The number of nitrogens with two attached hydrogens (primary N) is 1. The Bertz CT molecular complexity index is 1090. The van der Waals surface area contributed by atoms with E-state index in [1.807, 2.05) is 18.2 Å². The Labute approximate surface area is 156 Å². The molecule has 2 heterocycles. The van der Waals surface area contributed by atoms with Gasteiger partial charge >= 0.3 is 0 Å². The number of thiazole rings is 1. The molecule has 0 bridgehead atoms. The standard InChI is InChI=1S/C17H13N5O2S2/c18-16-19-12-6-1-9(7-13(12)25-16)8-14(24)20-17-22-21-15(26-17)10-2-4-11(23)5-3-10/h1-7,23H,8H2,(H2,18,19)(H,20,22,24). The molecule has 0 fully saturated rings. The van der Waals surface area contributed by atoms with Crippen LogP contribution >= 0.6 is 22.7 Å². The van der Waals surface area contributed by atoms with Gasteiger partial charge in [-0.2, -0.15) is 0 Å². The van der Waals surface area contributed by atoms with Crippen molar-refractivity contribution in [1.29, 1.82) is 0 Å². The molecule has 4 aromatic rings. The molecular formula is C17H13N5O2S2. The molecule has 0 atom stereocenters. The van der Waals surface area contributed by atoms with E-state index >= 15 is 0 Å². The second-order valence-electron chi connectivity index (χ2n) is 5.54. The van der Waals surface area contributed by atoms with Gasteiger partial charge in [-0.05, 0) is 42.0 Å². The molecule has 7 nitrogen and oxygen atoms in total. The Balaban J connectivity index is 1.45. The molecule has 0 spiro atoms. The molecule has 0 saturated carbocycles. The number of carbonyl (C=O) groups is 1. The summed E-state index contributed by atoms with van der Waals surface area (Å²) in [6.45, 7) is 0. The topological polar surface area (TPSA) is 114 Å². The molecule has 0 radical (unpaired) electrons. The minimum atomic E-state index is -0.171. The number of hydrogen-bond acceptors (Lipinski definition) is 8. The zero-order chi connectivity index (χ0) is 18.1. The number of aromatic hydroxyl groups is 1. The molecule has 1 amide bonds. The summed E-state index contributed by atoms with van der Waals surface area (Å²) in [7, 11) is 0. The lowest BCUT2D eigenvalue weighted by atomic mass is 10.1. The summed E-state index contributed by atoms with van der Waals surface area (Å²) in [5.41, 5.74) is 8.24. The molecule has 0 aliphatic rings. The number of hydrogen-bond donors (Lipinski definition) is 3. The number of nitrogen functional groups attached to an aromatic ring is 1. The van der Waals surface area contributed by atoms with Crippen molar-refractivity contribution in [3.63, 3.8) is 0 Å². The van der Waals surface area contributed by atoms with E-state index in [9.17, 15) is 9.90 Å². The van der Waals surface area contributed by atoms with Gasteiger partial charge in [0.15, 0.2) is 5.13 Å². The Morgan fingerprint density at radius 3 is 2.73 bits per heavy atom. The van der Waals surface area contributed by atoms with Gasteiger partial charge in [0.1, 0.15) is 10.8 Å². The summed E-state index contributed by atoms with van der Waals surface area (Å²) in [5.74, 6) is 0.0155. The summed E-state index contributed by atoms with van der Waals surface area (Å²) < 4.78 is 0.957. The fraction of sp³-hybridized carbons (Fsp3) is 0.0588. The molecule has 26 heavy (non-hydrogen) atoms. The van der Waals surface area contributed by atoms with Crippen LogP contribution in [0.3, 0.4) is 0 Å². The van der Waals surface area contributed by atoms with E-state index in [1.54, 1.807) is 24.3 Å². The average Bonchev–Trinajstić information content (AvgIpc) is 3.20. The van der Waals surface area contributed by atoms with Crippen LogP contribution in [0.15, 0.2) is 42.5 Å². The Hall–Kier alpha value is -3.04. The Kier molecular flexibility index (Phi) is 4.23. The van der Waals surface area contributed by atoms with Crippen molar-refractivity contribution in [2.75, 3.05) is 11.1 Å². The molecule has 2 aromatic heterocycles. The van der Waals surface area contributed by atoms with Gasteiger partial charge in [0.05, 0.1) is 16.6 Å². The fourth-order valence-electron chi connectivity index (χ4n) is 2.44. The van der Waals surface area contributed by atoms with E-state index in [0.29, 0.717) is 15.3 Å². The lowest BCUT2D eigenvalue weighted by molar-refractivity contribution is -0.115. The number of amides is 1. The van der Waals surface area contributed by atoms with E-state index in [0.717, 1.165) is 21.3 Å². The number of nitrogens with zero attached hydrogens (tertiary/aromatic N) is 3. The van der Waals surface area contributed by atoms with Gasteiger partial charge in [0.2, 0.25) is 11.0 Å². The van der Waals surface area contributed by atoms with Gasteiger partial charge in [0.25, 0.3) is 0 Å². The zero-order valence-corrected chi connectivity index (χ0v) is 15.0. The largest absolute Gasteiger partial charge is 0.508 e. The molecule has 0 saturated heterocycles. The number of rotatable bonds is 4. The second-order valence-corrected chi connectivity index (χ2v) is 7.58. The highest BCUT2D eigenvalue weighted by Gasteiger charge is 2.11. The van der Waals surface area contributed by atoms with E-state index in [1.165, 1.54) is 22.7 Å². The van der Waals surface area contributed by atoms with Gasteiger partial charge in [-0.15, -0.1) is 10.2 Å². The van der Waals surface area contributed by atoms with Crippen LogP contribution in [0.2, 0.25) is 0 Å². The average molecular weight is 383 g/mol. The quantitative estimate of drug-likeness (QED) is 0.498. The van der Waals surface area contributed by atoms with Gasteiger partial charge in [-0.1, -0.05) is 28.7 Å². The van der Waals surface area contributed by atoms with Crippen LogP contribution in [-0.4, -0.2) is 26.2 Å². The van der Waals surface area contributed by atoms with Gasteiger partial charge in [-0.25, -0.2) is 4.98 Å². The number of aromatic nitrogens is 3. The summed E-state index contributed by atoms with van der Waals surface area (Å²) in [5, 5.41) is 21.8. The predicted molar refractivity (Wildman–Crippen MR) is 103 cm³/mol. The molecule has 9 heteroatoms. The highest BCUT2D eigenvalue weighted by atomic mass is 32.1. The SMILES string of the molecule is Nc1nc2ccc(CC(=O)Nc3nnc(-c4ccc(O)cc4)s3)cc2s1. The van der Waals surface area contributed by atoms with Gasteiger partial charge in [0, 0.05) is 5.56 Å². The van der Waals surface area contributed by atoms with Crippen molar-refractivity contribution >= 4 is 49.1 Å². The number of fused-ring (bicyclic) bond motifs is 1. The molecular weight excluding hydrogens is 370 g/mol. The van der Waals surface area contributed by atoms with Crippen molar-refractivity contribution in [1.82, 2.24) is 15.2 Å². The number of anilines is 2. The van der Waals surface area contributed by atoms with Crippen LogP contribution in [0.4, 0.5) is 10.3 Å². The molecule has 0 unspecified atom stereocenters. The lowest BCUT2D eigenvalue weighted by Crippen LogP contribution is -2.14. The summed E-state index contributed by atoms with van der Waals surface area (Å²) in [6, 6.07) is 12.3. The molecule has 4 N–H and O–H groups in total. The molecule has 0 aliphatic carbocycles. The minimum Gasteiger partial charge on any atom is -0.508 e. The summed E-state index contributed by atoms with van der Waals surface area (Å²) in [6.07, 6.45) is 0.224. The molecule has 4 rings (SSSR count). The molecule has 2 aromatic carbocycles. The smallest absolute Gasteiger partial charge is 0.230 e. The van der Waals surface area contributed by atoms with Crippen molar-refractivity contribution in [3.05, 3.63) is 48.0 Å². The maximum atomic E-state index is 12.3. The van der Waals surface area contributed by atoms with Crippen LogP contribution in [0, 0.1) is 0 Å². The van der Waals surface area contributed by atoms with E-state index in [-0.39, 0.29) is 18.1 Å². The van der Waals surface area contributed by atoms with Crippen molar-refractivity contribution in [2.45, 2.75) is 6.42 Å². The molecule has 0 aliphatic heterocycles. The number of phenolic OH excluding ortho intramolecular Hbond substituents is 1. The summed E-state index contributed by atoms with van der Waals surface area (Å²) >= 11 is 2.67. The number of benzene rings is 2. The third-order valence-electron chi connectivity index (χ3n) is 3.62. The first-order chi connectivity index (χ1) is 12.6. The monoisotopic (exact) mass is 383 g/mol. The Morgan fingerprint density at radius 2 is 1.92 bits per heavy atom. The van der Waals surface area contributed by atoms with Crippen LogP contribution in [-0.2, 0) is 11.2 Å². The van der Waals surface area contributed by atoms with E-state index in [4.69, 9.17) is 5.73 Å².